The van der Waals surface area contributed by atoms with Gasteiger partial charge in [0, 0.05) is 105 Å². The van der Waals surface area contributed by atoms with Crippen LogP contribution in [-0.4, -0.2) is 120 Å². The minimum absolute atomic E-state index is 0. The number of likely N-dealkylation sites (N-methyl/N-ethyl adjacent to an activating group) is 1. The number of amides is 3. The van der Waals surface area contributed by atoms with Crippen molar-refractivity contribution in [2.75, 3.05) is 57.8 Å². The Morgan fingerprint density at radius 2 is 1.44 bits per heavy atom. The first kappa shape index (κ1) is 60.8. The van der Waals surface area contributed by atoms with Gasteiger partial charge in [0.05, 0.1) is 24.9 Å². The fourth-order valence-electron chi connectivity index (χ4n) is 6.10. The van der Waals surface area contributed by atoms with Gasteiger partial charge in [-0.15, -0.1) is 0 Å². The number of carbonyl (C=O) groups is 4. The number of ether oxygens (including phenoxy) is 2. The number of likely N-dealkylation sites (tertiary alicyclic amines) is 1. The zero-order chi connectivity index (χ0) is 46.0. The van der Waals surface area contributed by atoms with Crippen molar-refractivity contribution in [3.63, 3.8) is 0 Å². The summed E-state index contributed by atoms with van der Waals surface area (Å²) in [6.45, 7) is 27.6. The number of benzene rings is 2. The van der Waals surface area contributed by atoms with Crippen molar-refractivity contribution in [3.05, 3.63) is 103 Å². The van der Waals surface area contributed by atoms with Crippen LogP contribution < -0.4 is 16.4 Å². The van der Waals surface area contributed by atoms with E-state index in [2.05, 4.69) is 25.4 Å². The number of nitrogens with one attached hydrogen (secondary N) is 2. The van der Waals surface area contributed by atoms with Crippen LogP contribution in [0.2, 0.25) is 0 Å². The largest absolute Gasteiger partial charge is 0.478 e. The summed E-state index contributed by atoms with van der Waals surface area (Å²) in [6.07, 6.45) is 5.20. The number of amidine groups is 1. The van der Waals surface area contributed by atoms with E-state index in [9.17, 15) is 19.2 Å². The van der Waals surface area contributed by atoms with E-state index in [0.717, 1.165) is 56.3 Å². The predicted molar refractivity (Wildman–Crippen MR) is 253 cm³/mol. The molecule has 5 N–H and O–H groups in total. The van der Waals surface area contributed by atoms with Crippen molar-refractivity contribution < 1.29 is 64.9 Å². The number of carbonyl (C=O) groups excluding carboxylic acids is 3. The van der Waals surface area contributed by atoms with Crippen molar-refractivity contribution in [2.24, 2.45) is 10.7 Å². The molecule has 0 spiro atoms. The minimum atomic E-state index is -0.810. The molecule has 3 aliphatic heterocycles. The van der Waals surface area contributed by atoms with Gasteiger partial charge in [-0.25, -0.2) is 14.6 Å². The fraction of sp³-hybridized carbons (Fsp3) is 0.500. The molecule has 0 aromatic heterocycles. The maximum atomic E-state index is 12.8. The van der Waals surface area contributed by atoms with Crippen LogP contribution in [0.5, 0.6) is 0 Å². The van der Waals surface area contributed by atoms with Gasteiger partial charge in [0.25, 0.3) is 11.8 Å². The smallest absolute Gasteiger partial charge is 0.408 e. The van der Waals surface area contributed by atoms with Gasteiger partial charge in [0.15, 0.2) is 0 Å². The summed E-state index contributed by atoms with van der Waals surface area (Å²) in [5.74, 6) is -0.546. The Bertz CT molecular complexity index is 1750. The number of aliphatic imine (C=N–C) groups is 1. The monoisotopic (exact) mass is 1100 g/mol. The van der Waals surface area contributed by atoms with Gasteiger partial charge in [0.2, 0.25) is 0 Å². The number of allylic oxidation sites excluding steroid dienone is 2. The molecule has 3 amide bonds. The first-order valence-electron chi connectivity index (χ1n) is 21.5. The summed E-state index contributed by atoms with van der Waals surface area (Å²) < 4.78 is 10.5. The summed E-state index contributed by atoms with van der Waals surface area (Å²) in [5, 5.41) is 13.9. The fourth-order valence-corrected chi connectivity index (χ4v) is 6.10. The second-order valence-corrected chi connectivity index (χ2v) is 14.6. The molecule has 2 aromatic rings. The number of hydrogen-bond acceptors (Lipinski definition) is 10. The number of nitrogens with two attached hydrogens (primary N) is 1. The molecule has 0 saturated carbocycles. The van der Waals surface area contributed by atoms with E-state index in [1.807, 2.05) is 115 Å². The Balaban J connectivity index is 0. The molecule has 350 valence electrons. The third-order valence-electron chi connectivity index (χ3n) is 9.34. The van der Waals surface area contributed by atoms with Crippen LogP contribution >= 0.6 is 0 Å². The molecule has 1 unspecified atom stereocenters. The average Bonchev–Trinajstić information content (AvgIpc) is 3.23. The van der Waals surface area contributed by atoms with E-state index < -0.39 is 23.7 Å². The quantitative estimate of drug-likeness (QED) is 0.134. The van der Waals surface area contributed by atoms with E-state index in [1.54, 1.807) is 33.8 Å². The van der Waals surface area contributed by atoms with E-state index in [4.69, 9.17) is 20.3 Å². The van der Waals surface area contributed by atoms with Gasteiger partial charge in [0.1, 0.15) is 17.5 Å². The molecular weight excluding hydrogens is 1020 g/mol. The van der Waals surface area contributed by atoms with Gasteiger partial charge in [-0.1, -0.05) is 83.2 Å². The van der Waals surface area contributed by atoms with Crippen molar-refractivity contribution in [2.45, 2.75) is 107 Å². The zero-order valence-corrected chi connectivity index (χ0v) is 44.2. The number of anilines is 1. The number of hydrogen-bond donors (Lipinski definition) is 4. The molecule has 3 aliphatic rings. The number of nitrogens with zero attached hydrogens (tertiary/aromatic N) is 4. The van der Waals surface area contributed by atoms with Crippen molar-refractivity contribution >= 4 is 41.1 Å². The normalized spacial score (nSPS) is 18.0. The number of carboxylic acids is 1. The number of alkyl carbamates (subject to hydrolysis) is 1. The van der Waals surface area contributed by atoms with E-state index in [0.29, 0.717) is 42.5 Å². The third kappa shape index (κ3) is 21.8. The van der Waals surface area contributed by atoms with Gasteiger partial charge < -0.3 is 38.4 Å². The number of carboxylic acid groups (broad SMARTS) is 1. The van der Waals surface area contributed by atoms with E-state index in [1.165, 1.54) is 11.1 Å². The standard InChI is InChI=1S/C19H26N4O3.C18H25N3O2.C6H10O2.2C2H6.CH3.U/c1-5-23-16(21-14-9-7-6-8-10-14)13(12-20)11-15(17(23)24)22-18(25)26-19(2,3)4;1-2-15(18(22)19-16-6-4-3-5-7-16)12-20-8-10-21(11-9-20)17-13-23-14-17;1-3-5(4-2)6(7)8;2*1-2;;/h6-10,12,15H,5,11,20H2,1-4H3,(H,22,25);2-7,17H,8-14H2,1H3,(H,19,22);3H,4H2,1-2H3,(H,7,8);2*1-2H3;1H3;/q;;;;;-1;/b13-12-,21-16?;15-2+;5-3+;;;;. The number of para-hydroxylation sites is 2. The van der Waals surface area contributed by atoms with Gasteiger partial charge in [-0.3, -0.25) is 24.3 Å². The zero-order valence-electron chi connectivity index (χ0n) is 40.0. The molecule has 0 aliphatic carbocycles. The molecule has 15 heteroatoms. The van der Waals surface area contributed by atoms with E-state index >= 15 is 0 Å². The molecule has 1 atom stereocenters. The summed E-state index contributed by atoms with van der Waals surface area (Å²) in [7, 11) is 0. The number of piperidine rings is 1. The molecule has 63 heavy (non-hydrogen) atoms. The third-order valence-corrected chi connectivity index (χ3v) is 9.34. The molecule has 2 aromatic carbocycles. The van der Waals surface area contributed by atoms with Crippen LogP contribution in [0.1, 0.15) is 89.0 Å². The number of rotatable bonds is 10. The molecule has 14 nitrogen and oxygen atoms in total. The Morgan fingerprint density at radius 1 is 0.905 bits per heavy atom. The molecule has 3 saturated heterocycles. The molecule has 3 heterocycles. The molecular formula is C48H76N7O7U-. The van der Waals surface area contributed by atoms with Crippen molar-refractivity contribution in [3.8, 4) is 0 Å². The molecule has 5 rings (SSSR count). The summed E-state index contributed by atoms with van der Waals surface area (Å²) in [5.41, 5.74) is 8.70. The maximum absolute atomic E-state index is 12.8. The van der Waals surface area contributed by atoms with Crippen LogP contribution in [-0.2, 0) is 23.9 Å². The first-order chi connectivity index (χ1) is 29.2. The summed E-state index contributed by atoms with van der Waals surface area (Å²) in [6, 6.07) is 18.8. The van der Waals surface area contributed by atoms with Crippen molar-refractivity contribution in [1.82, 2.24) is 20.0 Å². The topological polar surface area (TPSA) is 179 Å². The number of aliphatic carboxylic acids is 1. The maximum Gasteiger partial charge on any atom is 0.408 e. The SMILES string of the molecule is C/C=C(\CC)C(=O)O.C/C=C(\CN1CCN(C2COC2)CC1)C(=O)Nc1ccccc1.CC.CC.CCN1C(=O)C(NC(=O)OC(C)(C)C)C/C(=C/N)C1=Nc1ccccc1.[CH3-].[U]. The Kier molecular flexibility index (Phi) is 32.1. The Hall–Kier alpha value is -4.26. The van der Waals surface area contributed by atoms with Gasteiger partial charge in [-0.05, 0) is 72.2 Å². The van der Waals surface area contributed by atoms with Crippen molar-refractivity contribution in [1.29, 1.82) is 0 Å². The van der Waals surface area contributed by atoms with Gasteiger partial charge >= 0.3 is 12.1 Å². The van der Waals surface area contributed by atoms with Crippen LogP contribution in [0, 0.1) is 38.5 Å². The average molecular weight is 1100 g/mol. The summed E-state index contributed by atoms with van der Waals surface area (Å²) in [4.78, 5) is 58.3. The number of piperazine rings is 1. The minimum Gasteiger partial charge on any atom is -0.478 e. The van der Waals surface area contributed by atoms with Crippen LogP contribution in [0.4, 0.5) is 16.2 Å². The Morgan fingerprint density at radius 3 is 1.86 bits per heavy atom. The Labute approximate surface area is 402 Å². The van der Waals surface area contributed by atoms with Gasteiger partial charge in [-0.2, -0.15) is 0 Å². The molecule has 3 fully saturated rings. The van der Waals surface area contributed by atoms with Crippen LogP contribution in [0.15, 0.2) is 101 Å². The first-order valence-corrected chi connectivity index (χ1v) is 21.5. The van der Waals surface area contributed by atoms with Crippen LogP contribution in [0.3, 0.4) is 0 Å². The summed E-state index contributed by atoms with van der Waals surface area (Å²) >= 11 is 0. The molecule has 0 bridgehead atoms. The van der Waals surface area contributed by atoms with Crippen LogP contribution in [0.25, 0.3) is 0 Å². The predicted octanol–water partition coefficient (Wildman–Crippen LogP) is 8.22. The van der Waals surface area contributed by atoms with E-state index in [-0.39, 0.29) is 56.8 Å². The second-order valence-electron chi connectivity index (χ2n) is 14.6. The second kappa shape index (κ2) is 33.3. The molecule has 0 radical (unpaired) electrons.